The van der Waals surface area contributed by atoms with E-state index in [1.54, 1.807) is 0 Å². The highest BCUT2D eigenvalue weighted by atomic mass is 16.6. The molecule has 1 aliphatic heterocycles. The summed E-state index contributed by atoms with van der Waals surface area (Å²) in [5.74, 6) is 0. The van der Waals surface area contributed by atoms with Gasteiger partial charge < -0.3 is 23.7 Å². The summed E-state index contributed by atoms with van der Waals surface area (Å²) in [5, 5.41) is 2.38. The summed E-state index contributed by atoms with van der Waals surface area (Å²) in [6, 6.07) is 45.4. The standard InChI is InChI=1S/C41H42O5/c1-2-14-37-39(43-27-32-17-8-4-9-18-32)41(45-29-34-23-24-35-21-12-13-22-36(35)25-34)40(44-28-33-19-10-5-11-20-33)38(46-37)30-42-26-31-15-6-3-7-16-31/h2-13,15-25,37-41H,1,14,26-30H2. The maximum Gasteiger partial charge on any atom is 0.115 e. The smallest absolute Gasteiger partial charge is 0.115 e. The number of fused-ring (bicyclic) bond motifs is 1. The van der Waals surface area contributed by atoms with Crippen molar-refractivity contribution >= 4 is 10.8 Å². The van der Waals surface area contributed by atoms with Crippen LogP contribution in [0.1, 0.15) is 28.7 Å². The molecule has 0 radical (unpaired) electrons. The Morgan fingerprint density at radius 3 is 1.61 bits per heavy atom. The molecule has 0 aromatic heterocycles. The van der Waals surface area contributed by atoms with Crippen LogP contribution in [0.5, 0.6) is 0 Å². The van der Waals surface area contributed by atoms with Gasteiger partial charge in [-0.3, -0.25) is 0 Å². The SMILES string of the molecule is C=CCC1OC(COCc2ccccc2)C(OCc2ccccc2)C(OCc2ccc3ccccc3c2)C1OCc1ccccc1. The molecule has 5 aromatic rings. The number of benzene rings is 5. The molecule has 0 amide bonds. The fourth-order valence-corrected chi connectivity index (χ4v) is 5.99. The van der Waals surface area contributed by atoms with Gasteiger partial charge in [-0.1, -0.05) is 133 Å². The minimum atomic E-state index is -0.446. The molecule has 6 rings (SSSR count). The van der Waals surface area contributed by atoms with Crippen LogP contribution >= 0.6 is 0 Å². The fraction of sp³-hybridized carbons (Fsp3) is 0.268. The topological polar surface area (TPSA) is 46.2 Å². The summed E-state index contributed by atoms with van der Waals surface area (Å²) in [7, 11) is 0. The first-order valence-corrected chi connectivity index (χ1v) is 16.0. The molecule has 5 heteroatoms. The van der Waals surface area contributed by atoms with Crippen molar-refractivity contribution in [2.45, 2.75) is 63.4 Å². The highest BCUT2D eigenvalue weighted by Crippen LogP contribution is 2.32. The largest absolute Gasteiger partial charge is 0.374 e. The lowest BCUT2D eigenvalue weighted by Crippen LogP contribution is -2.61. The van der Waals surface area contributed by atoms with Gasteiger partial charge in [-0.2, -0.15) is 0 Å². The van der Waals surface area contributed by atoms with Crippen LogP contribution in [0.2, 0.25) is 0 Å². The van der Waals surface area contributed by atoms with E-state index in [2.05, 4.69) is 85.4 Å². The van der Waals surface area contributed by atoms with Crippen LogP contribution in [0.3, 0.4) is 0 Å². The Hall–Kier alpha value is -4.10. The van der Waals surface area contributed by atoms with E-state index in [0.717, 1.165) is 22.3 Å². The zero-order valence-electron chi connectivity index (χ0n) is 26.2. The van der Waals surface area contributed by atoms with Crippen molar-refractivity contribution in [1.29, 1.82) is 0 Å². The quantitative estimate of drug-likeness (QED) is 0.111. The van der Waals surface area contributed by atoms with Crippen LogP contribution in [0.4, 0.5) is 0 Å². The maximum absolute atomic E-state index is 6.87. The molecule has 1 heterocycles. The van der Waals surface area contributed by atoms with E-state index >= 15 is 0 Å². The molecule has 0 saturated carbocycles. The van der Waals surface area contributed by atoms with E-state index in [-0.39, 0.29) is 12.2 Å². The summed E-state index contributed by atoms with van der Waals surface area (Å²) in [5.41, 5.74) is 4.36. The van der Waals surface area contributed by atoms with Gasteiger partial charge in [-0.25, -0.2) is 0 Å². The van der Waals surface area contributed by atoms with Crippen LogP contribution in [-0.2, 0) is 50.1 Å². The Labute approximate surface area is 272 Å². The van der Waals surface area contributed by atoms with E-state index in [0.29, 0.717) is 39.5 Å². The maximum atomic E-state index is 6.87. The van der Waals surface area contributed by atoms with Gasteiger partial charge in [0, 0.05) is 0 Å². The Balaban J connectivity index is 1.28. The van der Waals surface area contributed by atoms with Crippen molar-refractivity contribution in [3.63, 3.8) is 0 Å². The van der Waals surface area contributed by atoms with Gasteiger partial charge >= 0.3 is 0 Å². The average molecular weight is 615 g/mol. The lowest BCUT2D eigenvalue weighted by atomic mass is 9.92. The Bertz CT molecular complexity index is 1620. The predicted molar refractivity (Wildman–Crippen MR) is 182 cm³/mol. The highest BCUT2D eigenvalue weighted by molar-refractivity contribution is 5.82. The number of ether oxygens (including phenoxy) is 5. The lowest BCUT2D eigenvalue weighted by Gasteiger charge is -2.46. The van der Waals surface area contributed by atoms with E-state index in [1.165, 1.54) is 10.8 Å². The summed E-state index contributed by atoms with van der Waals surface area (Å²) >= 11 is 0. The molecule has 5 nitrogen and oxygen atoms in total. The molecule has 1 saturated heterocycles. The molecule has 5 unspecified atom stereocenters. The molecular formula is C41H42O5. The van der Waals surface area contributed by atoms with Gasteiger partial charge in [0.1, 0.15) is 24.4 Å². The normalized spacial score (nSPS) is 21.3. The van der Waals surface area contributed by atoms with Crippen molar-refractivity contribution in [3.8, 4) is 0 Å². The molecule has 0 spiro atoms. The van der Waals surface area contributed by atoms with Crippen molar-refractivity contribution in [1.82, 2.24) is 0 Å². The fourth-order valence-electron chi connectivity index (χ4n) is 5.99. The van der Waals surface area contributed by atoms with Crippen molar-refractivity contribution < 1.29 is 23.7 Å². The zero-order valence-corrected chi connectivity index (χ0v) is 26.2. The van der Waals surface area contributed by atoms with Crippen LogP contribution in [0.25, 0.3) is 10.8 Å². The van der Waals surface area contributed by atoms with Gasteiger partial charge in [-0.15, -0.1) is 6.58 Å². The third-order valence-electron chi connectivity index (χ3n) is 8.35. The zero-order chi connectivity index (χ0) is 31.4. The molecule has 5 aromatic carbocycles. The van der Waals surface area contributed by atoms with Gasteiger partial charge in [0.2, 0.25) is 0 Å². The number of rotatable bonds is 15. The summed E-state index contributed by atoms with van der Waals surface area (Å²) in [4.78, 5) is 0. The second-order valence-electron chi connectivity index (χ2n) is 11.7. The molecule has 0 bridgehead atoms. The van der Waals surface area contributed by atoms with Gasteiger partial charge in [-0.05, 0) is 45.5 Å². The third-order valence-corrected chi connectivity index (χ3v) is 8.35. The minimum absolute atomic E-state index is 0.287. The Morgan fingerprint density at radius 2 is 1.00 bits per heavy atom. The van der Waals surface area contributed by atoms with Crippen molar-refractivity contribution in [3.05, 3.63) is 168 Å². The third kappa shape index (κ3) is 8.58. The van der Waals surface area contributed by atoms with Crippen LogP contribution in [0, 0.1) is 0 Å². The van der Waals surface area contributed by atoms with Crippen LogP contribution < -0.4 is 0 Å². The molecule has 0 aliphatic carbocycles. The Morgan fingerprint density at radius 1 is 0.500 bits per heavy atom. The predicted octanol–water partition coefficient (Wildman–Crippen LogP) is 8.46. The molecular weight excluding hydrogens is 572 g/mol. The Kier molecular flexibility index (Phi) is 11.4. The van der Waals surface area contributed by atoms with Crippen molar-refractivity contribution in [2.75, 3.05) is 6.61 Å². The lowest BCUT2D eigenvalue weighted by molar-refractivity contribution is -0.271. The molecule has 0 N–H and O–H groups in total. The summed E-state index contributed by atoms with van der Waals surface area (Å²) < 4.78 is 33.3. The minimum Gasteiger partial charge on any atom is -0.374 e. The molecule has 236 valence electrons. The first-order chi connectivity index (χ1) is 22.8. The molecule has 5 atom stereocenters. The van der Waals surface area contributed by atoms with E-state index in [4.69, 9.17) is 23.7 Å². The summed E-state index contributed by atoms with van der Waals surface area (Å²) in [6.45, 7) is 6.12. The van der Waals surface area contributed by atoms with E-state index in [9.17, 15) is 0 Å². The monoisotopic (exact) mass is 614 g/mol. The van der Waals surface area contributed by atoms with Crippen LogP contribution in [0.15, 0.2) is 146 Å². The van der Waals surface area contributed by atoms with Gasteiger partial charge in [0.05, 0.1) is 39.1 Å². The van der Waals surface area contributed by atoms with E-state index < -0.39 is 18.3 Å². The van der Waals surface area contributed by atoms with Gasteiger partial charge in [0.15, 0.2) is 0 Å². The first-order valence-electron chi connectivity index (χ1n) is 16.0. The molecule has 1 aliphatic rings. The second-order valence-corrected chi connectivity index (χ2v) is 11.7. The van der Waals surface area contributed by atoms with Crippen LogP contribution in [-0.4, -0.2) is 37.1 Å². The second kappa shape index (κ2) is 16.5. The highest BCUT2D eigenvalue weighted by Gasteiger charge is 2.48. The first kappa shape index (κ1) is 31.9. The van der Waals surface area contributed by atoms with Crippen molar-refractivity contribution in [2.24, 2.45) is 0 Å². The summed E-state index contributed by atoms with van der Waals surface area (Å²) in [6.07, 6.45) is 0.554. The number of hydrogen-bond donors (Lipinski definition) is 0. The van der Waals surface area contributed by atoms with Gasteiger partial charge in [0.25, 0.3) is 0 Å². The number of hydrogen-bond acceptors (Lipinski definition) is 5. The molecule has 1 fully saturated rings. The molecule has 46 heavy (non-hydrogen) atoms. The van der Waals surface area contributed by atoms with E-state index in [1.807, 2.05) is 60.7 Å². The average Bonchev–Trinajstić information content (AvgIpc) is 3.11.